The van der Waals surface area contributed by atoms with Crippen LogP contribution in [0.4, 0.5) is 15.9 Å². The summed E-state index contributed by atoms with van der Waals surface area (Å²) in [6.45, 7) is -0.0401. The molecular weight excluding hydrogens is 333 g/mol. The Morgan fingerprint density at radius 3 is 2.90 bits per heavy atom. The second kappa shape index (κ2) is 5.83. The molecule has 0 fully saturated rings. The van der Waals surface area contributed by atoms with Gasteiger partial charge in [0.1, 0.15) is 18.2 Å². The Bertz CT molecular complexity index is 666. The molecule has 0 bridgehead atoms. The van der Waals surface area contributed by atoms with Crippen LogP contribution in [0.1, 0.15) is 5.56 Å². The van der Waals surface area contributed by atoms with Crippen LogP contribution in [0, 0.1) is 15.9 Å². The van der Waals surface area contributed by atoms with Crippen LogP contribution in [0.2, 0.25) is 0 Å². The van der Waals surface area contributed by atoms with Crippen LogP contribution in [-0.4, -0.2) is 9.91 Å². The van der Waals surface area contributed by atoms with E-state index in [2.05, 4.69) is 20.9 Å². The first kappa shape index (κ1) is 14.2. The first-order valence-corrected chi connectivity index (χ1v) is 6.24. The molecule has 1 aromatic heterocycles. The van der Waals surface area contributed by atoms with Crippen LogP contribution in [0.3, 0.4) is 0 Å². The van der Waals surface area contributed by atoms with E-state index in [-0.39, 0.29) is 28.3 Å². The number of pyridine rings is 1. The normalized spacial score (nSPS) is 10.3. The SMILES string of the molecule is Nc1ncccc1COc1cc(F)c(Br)cc1[N+](=O)[O-]. The zero-order valence-electron chi connectivity index (χ0n) is 10.0. The smallest absolute Gasteiger partial charge is 0.312 e. The van der Waals surface area contributed by atoms with Crippen molar-refractivity contribution in [2.45, 2.75) is 6.61 Å². The summed E-state index contributed by atoms with van der Waals surface area (Å²) in [5, 5.41) is 10.9. The van der Waals surface area contributed by atoms with Crippen LogP contribution in [0.15, 0.2) is 34.9 Å². The molecule has 0 radical (unpaired) electrons. The molecule has 6 nitrogen and oxygen atoms in total. The second-order valence-electron chi connectivity index (χ2n) is 3.83. The van der Waals surface area contributed by atoms with Crippen molar-refractivity contribution >= 4 is 27.4 Å². The minimum atomic E-state index is -0.648. The fourth-order valence-corrected chi connectivity index (χ4v) is 1.84. The number of anilines is 1. The molecule has 104 valence electrons. The van der Waals surface area contributed by atoms with E-state index < -0.39 is 10.7 Å². The summed E-state index contributed by atoms with van der Waals surface area (Å²) >= 11 is 2.89. The highest BCUT2D eigenvalue weighted by molar-refractivity contribution is 9.10. The van der Waals surface area contributed by atoms with Crippen molar-refractivity contribution in [3.8, 4) is 5.75 Å². The summed E-state index contributed by atoms with van der Waals surface area (Å²) in [5.41, 5.74) is 5.86. The zero-order valence-corrected chi connectivity index (χ0v) is 11.6. The largest absolute Gasteiger partial charge is 0.482 e. The Morgan fingerprint density at radius 1 is 1.50 bits per heavy atom. The highest BCUT2D eigenvalue weighted by Crippen LogP contribution is 2.33. The standard InChI is InChI=1S/C12H9BrFN3O3/c13-8-4-10(17(18)19)11(5-9(8)14)20-6-7-2-1-3-16-12(7)15/h1-5H,6H2,(H2,15,16). The van der Waals surface area contributed by atoms with Gasteiger partial charge >= 0.3 is 5.69 Å². The van der Waals surface area contributed by atoms with E-state index in [1.54, 1.807) is 12.1 Å². The van der Waals surface area contributed by atoms with Crippen LogP contribution in [0.5, 0.6) is 5.75 Å². The minimum absolute atomic E-state index is 0.00237. The number of nitrogen functional groups attached to an aromatic ring is 1. The maximum Gasteiger partial charge on any atom is 0.312 e. The Balaban J connectivity index is 2.27. The van der Waals surface area contributed by atoms with Gasteiger partial charge in [0.05, 0.1) is 9.40 Å². The number of nitro benzene ring substituents is 1. The molecule has 0 saturated heterocycles. The van der Waals surface area contributed by atoms with Gasteiger partial charge in [0.2, 0.25) is 0 Å². The molecule has 0 spiro atoms. The number of halogens is 2. The average molecular weight is 342 g/mol. The molecule has 1 aromatic carbocycles. The molecule has 0 atom stereocenters. The molecule has 0 aliphatic carbocycles. The van der Waals surface area contributed by atoms with Crippen LogP contribution >= 0.6 is 15.9 Å². The number of nitrogens with zero attached hydrogens (tertiary/aromatic N) is 2. The van der Waals surface area contributed by atoms with Crippen molar-refractivity contribution < 1.29 is 14.1 Å². The number of rotatable bonds is 4. The third-order valence-corrected chi connectivity index (χ3v) is 3.12. The van der Waals surface area contributed by atoms with Crippen LogP contribution in [0.25, 0.3) is 0 Å². The van der Waals surface area contributed by atoms with E-state index in [4.69, 9.17) is 10.5 Å². The van der Waals surface area contributed by atoms with Gasteiger partial charge < -0.3 is 10.5 Å². The second-order valence-corrected chi connectivity index (χ2v) is 4.68. The molecule has 0 amide bonds. The number of hydrogen-bond acceptors (Lipinski definition) is 5. The predicted molar refractivity (Wildman–Crippen MR) is 73.7 cm³/mol. The Kier molecular flexibility index (Phi) is 4.14. The van der Waals surface area contributed by atoms with Crippen molar-refractivity contribution in [2.75, 3.05) is 5.73 Å². The van der Waals surface area contributed by atoms with Crippen LogP contribution in [-0.2, 0) is 6.61 Å². The lowest BCUT2D eigenvalue weighted by molar-refractivity contribution is -0.386. The summed E-state index contributed by atoms with van der Waals surface area (Å²) in [5.74, 6) is -0.559. The van der Waals surface area contributed by atoms with E-state index in [0.717, 1.165) is 12.1 Å². The molecule has 20 heavy (non-hydrogen) atoms. The lowest BCUT2D eigenvalue weighted by Gasteiger charge is -2.08. The van der Waals surface area contributed by atoms with Gasteiger partial charge in [-0.25, -0.2) is 9.37 Å². The number of ether oxygens (including phenoxy) is 1. The third kappa shape index (κ3) is 3.02. The van der Waals surface area contributed by atoms with Crippen molar-refractivity contribution in [1.29, 1.82) is 0 Å². The van der Waals surface area contributed by atoms with Gasteiger partial charge in [0, 0.05) is 23.9 Å². The highest BCUT2D eigenvalue weighted by Gasteiger charge is 2.19. The fraction of sp³-hybridized carbons (Fsp3) is 0.0833. The van der Waals surface area contributed by atoms with Gasteiger partial charge in [0.15, 0.2) is 5.75 Å². The molecule has 0 unspecified atom stereocenters. The van der Waals surface area contributed by atoms with E-state index in [0.29, 0.717) is 5.56 Å². The van der Waals surface area contributed by atoms with Gasteiger partial charge in [-0.1, -0.05) is 6.07 Å². The van der Waals surface area contributed by atoms with Gasteiger partial charge in [0.25, 0.3) is 0 Å². The van der Waals surface area contributed by atoms with Crippen molar-refractivity contribution in [3.05, 3.63) is 56.4 Å². The molecule has 2 N–H and O–H groups in total. The fourth-order valence-electron chi connectivity index (χ4n) is 1.50. The summed E-state index contributed by atoms with van der Waals surface area (Å²) < 4.78 is 18.7. The van der Waals surface area contributed by atoms with E-state index in [1.165, 1.54) is 6.20 Å². The lowest BCUT2D eigenvalue weighted by atomic mass is 10.2. The third-order valence-electron chi connectivity index (χ3n) is 2.51. The van der Waals surface area contributed by atoms with Crippen LogP contribution < -0.4 is 10.5 Å². The number of aromatic nitrogens is 1. The van der Waals surface area contributed by atoms with Gasteiger partial charge in [-0.15, -0.1) is 0 Å². The molecule has 8 heteroatoms. The highest BCUT2D eigenvalue weighted by atomic mass is 79.9. The quantitative estimate of drug-likeness (QED) is 0.681. The molecule has 1 heterocycles. The zero-order chi connectivity index (χ0) is 14.7. The monoisotopic (exact) mass is 341 g/mol. The number of benzene rings is 1. The molecule has 0 saturated carbocycles. The number of hydrogen-bond donors (Lipinski definition) is 1. The summed E-state index contributed by atoms with van der Waals surface area (Å²) in [6.07, 6.45) is 1.51. The van der Waals surface area contributed by atoms with Crippen molar-refractivity contribution in [3.63, 3.8) is 0 Å². The topological polar surface area (TPSA) is 91.3 Å². The van der Waals surface area contributed by atoms with E-state index in [9.17, 15) is 14.5 Å². The van der Waals surface area contributed by atoms with Crippen molar-refractivity contribution in [2.24, 2.45) is 0 Å². The molecular formula is C12H9BrFN3O3. The minimum Gasteiger partial charge on any atom is -0.482 e. The first-order chi connectivity index (χ1) is 9.49. The number of nitrogens with two attached hydrogens (primary N) is 1. The van der Waals surface area contributed by atoms with Crippen molar-refractivity contribution in [1.82, 2.24) is 4.98 Å². The summed E-state index contributed by atoms with van der Waals surface area (Å²) in [4.78, 5) is 14.1. The molecule has 2 rings (SSSR count). The molecule has 0 aliphatic rings. The maximum absolute atomic E-state index is 13.4. The Labute approximate surface area is 121 Å². The average Bonchev–Trinajstić information content (AvgIpc) is 2.41. The van der Waals surface area contributed by atoms with E-state index >= 15 is 0 Å². The summed E-state index contributed by atoms with van der Waals surface area (Å²) in [7, 11) is 0. The first-order valence-electron chi connectivity index (χ1n) is 5.44. The Morgan fingerprint density at radius 2 is 2.25 bits per heavy atom. The number of nitro groups is 1. The van der Waals surface area contributed by atoms with E-state index in [1.807, 2.05) is 0 Å². The molecule has 2 aromatic rings. The summed E-state index contributed by atoms with van der Waals surface area (Å²) in [6, 6.07) is 5.33. The maximum atomic E-state index is 13.4. The predicted octanol–water partition coefficient (Wildman–Crippen LogP) is 3.05. The van der Waals surface area contributed by atoms with Gasteiger partial charge in [-0.2, -0.15) is 0 Å². The van der Waals surface area contributed by atoms with Gasteiger partial charge in [-0.05, 0) is 22.0 Å². The van der Waals surface area contributed by atoms with Gasteiger partial charge in [-0.3, -0.25) is 10.1 Å². The lowest BCUT2D eigenvalue weighted by Crippen LogP contribution is -2.03. The Hall–Kier alpha value is -2.22. The molecule has 0 aliphatic heterocycles.